The Hall–Kier alpha value is -1.33. The van der Waals surface area contributed by atoms with Crippen LogP contribution in [0.15, 0.2) is 18.3 Å². The van der Waals surface area contributed by atoms with Crippen molar-refractivity contribution in [3.8, 4) is 5.75 Å². The Kier molecular flexibility index (Phi) is 6.76. The van der Waals surface area contributed by atoms with Gasteiger partial charge in [0.15, 0.2) is 11.6 Å². The lowest BCUT2D eigenvalue weighted by Crippen LogP contribution is -2.38. The summed E-state index contributed by atoms with van der Waals surface area (Å²) in [4.78, 5) is 6.80. The van der Waals surface area contributed by atoms with Crippen LogP contribution in [-0.4, -0.2) is 43.9 Å². The molecule has 2 N–H and O–H groups in total. The monoisotopic (exact) mass is 293 g/mol. The summed E-state index contributed by atoms with van der Waals surface area (Å²) < 4.78 is 11.6. The van der Waals surface area contributed by atoms with Gasteiger partial charge in [0.2, 0.25) is 0 Å². The molecule has 118 valence electrons. The van der Waals surface area contributed by atoms with Crippen molar-refractivity contribution in [2.24, 2.45) is 5.73 Å². The van der Waals surface area contributed by atoms with Crippen LogP contribution >= 0.6 is 0 Å². The van der Waals surface area contributed by atoms with Crippen LogP contribution in [0.4, 0.5) is 5.82 Å². The van der Waals surface area contributed by atoms with Gasteiger partial charge in [-0.05, 0) is 44.4 Å². The molecule has 2 heterocycles. The summed E-state index contributed by atoms with van der Waals surface area (Å²) in [5.41, 5.74) is 5.49. The fourth-order valence-corrected chi connectivity index (χ4v) is 2.51. The Balaban J connectivity index is 1.87. The molecule has 1 aromatic heterocycles. The van der Waals surface area contributed by atoms with Gasteiger partial charge < -0.3 is 20.1 Å². The fourth-order valence-electron chi connectivity index (χ4n) is 2.51. The third-order valence-electron chi connectivity index (χ3n) is 3.66. The zero-order chi connectivity index (χ0) is 14.9. The van der Waals surface area contributed by atoms with Gasteiger partial charge in [0.1, 0.15) is 0 Å². The molecule has 0 unspecified atom stereocenters. The van der Waals surface area contributed by atoms with Gasteiger partial charge in [-0.2, -0.15) is 0 Å². The third kappa shape index (κ3) is 4.86. The van der Waals surface area contributed by atoms with Crippen molar-refractivity contribution in [3.63, 3.8) is 0 Å². The molecule has 0 amide bonds. The van der Waals surface area contributed by atoms with E-state index in [2.05, 4.69) is 16.8 Å². The van der Waals surface area contributed by atoms with Gasteiger partial charge in [-0.3, -0.25) is 0 Å². The smallest absolute Gasteiger partial charge is 0.171 e. The van der Waals surface area contributed by atoms with E-state index >= 15 is 0 Å². The first-order chi connectivity index (χ1) is 10.3. The quantitative estimate of drug-likeness (QED) is 0.745. The summed E-state index contributed by atoms with van der Waals surface area (Å²) in [5, 5.41) is 0. The van der Waals surface area contributed by atoms with Gasteiger partial charge in [-0.1, -0.05) is 6.92 Å². The molecule has 5 nitrogen and oxygen atoms in total. The summed E-state index contributed by atoms with van der Waals surface area (Å²) in [6, 6.07) is 3.93. The molecule has 0 bridgehead atoms. The largest absolute Gasteiger partial charge is 0.490 e. The molecule has 0 aromatic carbocycles. The van der Waals surface area contributed by atoms with E-state index < -0.39 is 0 Å². The highest BCUT2D eigenvalue weighted by atomic mass is 16.5. The maximum absolute atomic E-state index is 5.84. The Bertz CT molecular complexity index is 406. The first kappa shape index (κ1) is 16.0. The van der Waals surface area contributed by atoms with E-state index in [1.165, 1.54) is 0 Å². The second-order valence-electron chi connectivity index (χ2n) is 5.37. The molecule has 0 spiro atoms. The lowest BCUT2D eigenvalue weighted by molar-refractivity contribution is 0.0365. The predicted octanol–water partition coefficient (Wildman–Crippen LogP) is 2.20. The molecule has 1 aliphatic rings. The Morgan fingerprint density at radius 1 is 1.33 bits per heavy atom. The Labute approximate surface area is 127 Å². The number of ether oxygens (including phenoxy) is 2. The minimum absolute atomic E-state index is 0.358. The first-order valence-electron chi connectivity index (χ1n) is 7.99. The molecule has 1 saturated heterocycles. The molecule has 21 heavy (non-hydrogen) atoms. The summed E-state index contributed by atoms with van der Waals surface area (Å²) in [7, 11) is 0. The standard InChI is InChI=1S/C16H27N3O2/c1-2-12-21-15-5-3-9-18-16(15)19-10-6-14(7-11-19)20-13-4-8-17/h3,5,9,14H,2,4,6-8,10-13,17H2,1H3. The number of pyridine rings is 1. The number of piperidine rings is 1. The van der Waals surface area contributed by atoms with Gasteiger partial charge in [-0.25, -0.2) is 4.98 Å². The number of rotatable bonds is 8. The van der Waals surface area contributed by atoms with Crippen molar-refractivity contribution in [2.75, 3.05) is 37.7 Å². The van der Waals surface area contributed by atoms with Crippen molar-refractivity contribution in [2.45, 2.75) is 38.7 Å². The highest BCUT2D eigenvalue weighted by Gasteiger charge is 2.22. The molecule has 5 heteroatoms. The predicted molar refractivity (Wildman–Crippen MR) is 84.9 cm³/mol. The lowest BCUT2D eigenvalue weighted by atomic mass is 10.1. The second-order valence-corrected chi connectivity index (χ2v) is 5.37. The first-order valence-corrected chi connectivity index (χ1v) is 7.99. The molecule has 0 aliphatic carbocycles. The van der Waals surface area contributed by atoms with Crippen LogP contribution in [0.5, 0.6) is 5.75 Å². The van der Waals surface area contributed by atoms with Gasteiger partial charge in [0.05, 0.1) is 12.7 Å². The molecule has 0 saturated carbocycles. The number of nitrogens with zero attached hydrogens (tertiary/aromatic N) is 2. The Morgan fingerprint density at radius 2 is 2.14 bits per heavy atom. The minimum Gasteiger partial charge on any atom is -0.490 e. The summed E-state index contributed by atoms with van der Waals surface area (Å²) in [5.74, 6) is 1.85. The van der Waals surface area contributed by atoms with Crippen molar-refractivity contribution in [1.82, 2.24) is 4.98 Å². The number of nitrogens with two attached hydrogens (primary N) is 1. The lowest BCUT2D eigenvalue weighted by Gasteiger charge is -2.33. The van der Waals surface area contributed by atoms with Crippen LogP contribution in [0.1, 0.15) is 32.6 Å². The molecular formula is C16H27N3O2. The zero-order valence-corrected chi connectivity index (χ0v) is 13.0. The van der Waals surface area contributed by atoms with E-state index in [9.17, 15) is 0 Å². The van der Waals surface area contributed by atoms with E-state index in [1.807, 2.05) is 18.3 Å². The number of hydrogen-bond acceptors (Lipinski definition) is 5. The van der Waals surface area contributed by atoms with Crippen LogP contribution in [0.2, 0.25) is 0 Å². The van der Waals surface area contributed by atoms with Crippen LogP contribution in [0, 0.1) is 0 Å². The maximum atomic E-state index is 5.84. The average Bonchev–Trinajstić information content (AvgIpc) is 2.54. The second kappa shape index (κ2) is 8.85. The van der Waals surface area contributed by atoms with Crippen LogP contribution < -0.4 is 15.4 Å². The molecule has 0 atom stereocenters. The van der Waals surface area contributed by atoms with Crippen molar-refractivity contribution in [3.05, 3.63) is 18.3 Å². The fraction of sp³-hybridized carbons (Fsp3) is 0.688. The highest BCUT2D eigenvalue weighted by Crippen LogP contribution is 2.28. The maximum Gasteiger partial charge on any atom is 0.171 e. The van der Waals surface area contributed by atoms with E-state index in [0.29, 0.717) is 12.6 Å². The highest BCUT2D eigenvalue weighted by molar-refractivity contribution is 5.52. The third-order valence-corrected chi connectivity index (χ3v) is 3.66. The molecule has 1 aliphatic heterocycles. The van der Waals surface area contributed by atoms with E-state index in [0.717, 1.165) is 63.6 Å². The molecule has 2 rings (SSSR count). The van der Waals surface area contributed by atoms with E-state index in [-0.39, 0.29) is 0 Å². The van der Waals surface area contributed by atoms with E-state index in [4.69, 9.17) is 15.2 Å². The number of anilines is 1. The topological polar surface area (TPSA) is 60.6 Å². The molecule has 1 aromatic rings. The van der Waals surface area contributed by atoms with Crippen LogP contribution in [-0.2, 0) is 4.74 Å². The SMILES string of the molecule is CCCOc1cccnc1N1CCC(OCCCN)CC1. The van der Waals surface area contributed by atoms with Crippen molar-refractivity contribution in [1.29, 1.82) is 0 Å². The van der Waals surface area contributed by atoms with Gasteiger partial charge in [0.25, 0.3) is 0 Å². The Morgan fingerprint density at radius 3 is 2.86 bits per heavy atom. The minimum atomic E-state index is 0.358. The molecular weight excluding hydrogens is 266 g/mol. The summed E-state index contributed by atoms with van der Waals surface area (Å²) >= 11 is 0. The van der Waals surface area contributed by atoms with Crippen molar-refractivity contribution < 1.29 is 9.47 Å². The van der Waals surface area contributed by atoms with Gasteiger partial charge in [0, 0.05) is 25.9 Å². The van der Waals surface area contributed by atoms with Crippen molar-refractivity contribution >= 4 is 5.82 Å². The average molecular weight is 293 g/mol. The van der Waals surface area contributed by atoms with Crippen LogP contribution in [0.25, 0.3) is 0 Å². The summed E-state index contributed by atoms with van der Waals surface area (Å²) in [6.45, 7) is 6.25. The normalized spacial score (nSPS) is 16.2. The number of aromatic nitrogens is 1. The zero-order valence-electron chi connectivity index (χ0n) is 13.0. The van der Waals surface area contributed by atoms with E-state index in [1.54, 1.807) is 0 Å². The van der Waals surface area contributed by atoms with Gasteiger partial charge >= 0.3 is 0 Å². The number of hydrogen-bond donors (Lipinski definition) is 1. The summed E-state index contributed by atoms with van der Waals surface area (Å²) in [6.07, 6.45) is 6.21. The van der Waals surface area contributed by atoms with Crippen LogP contribution in [0.3, 0.4) is 0 Å². The molecule has 0 radical (unpaired) electrons. The van der Waals surface area contributed by atoms with Gasteiger partial charge in [-0.15, -0.1) is 0 Å². The molecule has 1 fully saturated rings.